The van der Waals surface area contributed by atoms with Crippen molar-refractivity contribution in [3.63, 3.8) is 0 Å². The Bertz CT molecular complexity index is 245. The maximum atomic E-state index is 10.6. The van der Waals surface area contributed by atoms with Gasteiger partial charge in [-0.05, 0) is 6.92 Å². The molecule has 0 saturated carbocycles. The number of aliphatic hydroxyl groups is 1. The molecule has 0 fully saturated rings. The molecule has 0 saturated heterocycles. The Labute approximate surface area is 70.3 Å². The lowest BCUT2D eigenvalue weighted by molar-refractivity contribution is -0.128. The number of carbonyl (C=O) groups excluding carboxylic acids is 1. The number of nitrogens with one attached hydrogen (secondary N) is 1. The van der Waals surface area contributed by atoms with E-state index in [1.807, 2.05) is 0 Å². The highest BCUT2D eigenvalue weighted by atomic mass is 32.2. The Hall–Kier alpha value is -0.660. The molecule has 0 aromatic rings. The van der Waals surface area contributed by atoms with Gasteiger partial charge in [-0.15, -0.1) is 0 Å². The molecule has 0 aliphatic carbocycles. The van der Waals surface area contributed by atoms with Gasteiger partial charge < -0.3 is 10.4 Å². The molecule has 0 unspecified atom stereocenters. The van der Waals surface area contributed by atoms with Crippen LogP contribution >= 0.6 is 0 Å². The van der Waals surface area contributed by atoms with Crippen LogP contribution in [0.15, 0.2) is 0 Å². The number of amides is 1. The van der Waals surface area contributed by atoms with Crippen molar-refractivity contribution in [3.8, 4) is 0 Å². The monoisotopic (exact) mass is 197 g/mol. The molecule has 1 atom stereocenters. The Balaban J connectivity index is 3.66. The van der Waals surface area contributed by atoms with Crippen LogP contribution in [0.2, 0.25) is 0 Å². The summed E-state index contributed by atoms with van der Waals surface area (Å²) in [5.74, 6) is -1.22. The molecule has 0 rings (SSSR count). The lowest BCUT2D eigenvalue weighted by Crippen LogP contribution is -2.35. The van der Waals surface area contributed by atoms with Crippen LogP contribution in [0, 0.1) is 0 Å². The van der Waals surface area contributed by atoms with Crippen LogP contribution in [0.3, 0.4) is 0 Å². The molecule has 6 nitrogen and oxygen atoms in total. The lowest BCUT2D eigenvalue weighted by Gasteiger charge is -2.04. The summed E-state index contributed by atoms with van der Waals surface area (Å²) in [4.78, 5) is 10.6. The van der Waals surface area contributed by atoms with Gasteiger partial charge >= 0.3 is 0 Å². The Morgan fingerprint density at radius 1 is 1.58 bits per heavy atom. The number of rotatable bonds is 4. The molecule has 0 bridgehead atoms. The maximum Gasteiger partial charge on any atom is 0.266 e. The average Bonchev–Trinajstić information content (AvgIpc) is 1.84. The van der Waals surface area contributed by atoms with Gasteiger partial charge in [-0.3, -0.25) is 9.35 Å². The number of carbonyl (C=O) groups is 1. The second-order valence-corrected chi connectivity index (χ2v) is 3.83. The molecule has 1 amide bonds. The molecule has 12 heavy (non-hydrogen) atoms. The molecular formula is C5H11NO5S. The second-order valence-electron chi connectivity index (χ2n) is 2.25. The first-order valence-corrected chi connectivity index (χ1v) is 4.85. The standard InChI is InChI=1S/C5H11NO5S/c1-4(7)5(8)6-2-3-12(9,10)11/h4,7H,2-3H2,1H3,(H,6,8)(H,9,10,11)/t4-/m1/s1. The van der Waals surface area contributed by atoms with Crippen LogP contribution in [0.4, 0.5) is 0 Å². The Kier molecular flexibility index (Phi) is 4.15. The fraction of sp³-hybridized carbons (Fsp3) is 0.800. The molecule has 0 aliphatic rings. The summed E-state index contributed by atoms with van der Waals surface area (Å²) >= 11 is 0. The fourth-order valence-corrected chi connectivity index (χ4v) is 0.811. The minimum Gasteiger partial charge on any atom is -0.384 e. The van der Waals surface area contributed by atoms with E-state index in [1.165, 1.54) is 6.92 Å². The normalized spacial score (nSPS) is 13.9. The molecule has 0 heterocycles. The van der Waals surface area contributed by atoms with Crippen LogP contribution < -0.4 is 5.32 Å². The van der Waals surface area contributed by atoms with E-state index < -0.39 is 27.9 Å². The van der Waals surface area contributed by atoms with Crippen molar-refractivity contribution in [1.29, 1.82) is 0 Å². The van der Waals surface area contributed by atoms with E-state index in [9.17, 15) is 13.2 Å². The highest BCUT2D eigenvalue weighted by Crippen LogP contribution is 1.81. The smallest absolute Gasteiger partial charge is 0.266 e. The van der Waals surface area contributed by atoms with Crippen molar-refractivity contribution in [2.45, 2.75) is 13.0 Å². The van der Waals surface area contributed by atoms with Crippen LogP contribution in [-0.2, 0) is 14.9 Å². The van der Waals surface area contributed by atoms with E-state index in [0.717, 1.165) is 0 Å². The van der Waals surface area contributed by atoms with E-state index in [1.54, 1.807) is 0 Å². The summed E-state index contributed by atoms with van der Waals surface area (Å²) < 4.78 is 28.5. The van der Waals surface area contributed by atoms with Crippen LogP contribution in [0.25, 0.3) is 0 Å². The van der Waals surface area contributed by atoms with E-state index >= 15 is 0 Å². The van der Waals surface area contributed by atoms with Crippen LogP contribution in [-0.4, -0.2) is 42.4 Å². The van der Waals surface area contributed by atoms with Crippen molar-refractivity contribution in [2.24, 2.45) is 0 Å². The highest BCUT2D eigenvalue weighted by Gasteiger charge is 2.09. The second kappa shape index (κ2) is 4.39. The number of aliphatic hydroxyl groups excluding tert-OH is 1. The molecular weight excluding hydrogens is 186 g/mol. The third-order valence-corrected chi connectivity index (χ3v) is 1.76. The Morgan fingerprint density at radius 2 is 2.08 bits per heavy atom. The minimum absolute atomic E-state index is 0.206. The molecule has 0 aromatic carbocycles. The van der Waals surface area contributed by atoms with Crippen molar-refractivity contribution in [2.75, 3.05) is 12.3 Å². The molecule has 72 valence electrons. The highest BCUT2D eigenvalue weighted by molar-refractivity contribution is 7.85. The zero-order valence-corrected chi connectivity index (χ0v) is 7.34. The zero-order chi connectivity index (χ0) is 9.78. The van der Waals surface area contributed by atoms with Gasteiger partial charge in [0.1, 0.15) is 6.10 Å². The van der Waals surface area contributed by atoms with Gasteiger partial charge in [0.2, 0.25) is 5.91 Å². The van der Waals surface area contributed by atoms with Crippen molar-refractivity contribution in [3.05, 3.63) is 0 Å². The molecule has 0 aliphatic heterocycles. The van der Waals surface area contributed by atoms with Gasteiger partial charge in [0.15, 0.2) is 0 Å². The minimum atomic E-state index is -4.04. The molecule has 0 radical (unpaired) electrons. The third kappa shape index (κ3) is 6.08. The van der Waals surface area contributed by atoms with Gasteiger partial charge in [-0.1, -0.05) is 0 Å². The van der Waals surface area contributed by atoms with E-state index in [0.29, 0.717) is 0 Å². The van der Waals surface area contributed by atoms with Gasteiger partial charge in [0, 0.05) is 6.54 Å². The maximum absolute atomic E-state index is 10.6. The summed E-state index contributed by atoms with van der Waals surface area (Å²) in [5, 5.41) is 10.7. The average molecular weight is 197 g/mol. The molecule has 0 spiro atoms. The van der Waals surface area contributed by atoms with Crippen LogP contribution in [0.5, 0.6) is 0 Å². The van der Waals surface area contributed by atoms with Crippen molar-refractivity contribution >= 4 is 16.0 Å². The molecule has 3 N–H and O–H groups in total. The van der Waals surface area contributed by atoms with Gasteiger partial charge in [-0.25, -0.2) is 0 Å². The third-order valence-electron chi connectivity index (χ3n) is 1.04. The lowest BCUT2D eigenvalue weighted by atomic mass is 10.4. The quantitative estimate of drug-likeness (QED) is 0.469. The fourth-order valence-electron chi connectivity index (χ4n) is 0.451. The first-order valence-electron chi connectivity index (χ1n) is 3.24. The predicted molar refractivity (Wildman–Crippen MR) is 41.1 cm³/mol. The molecule has 0 aromatic heterocycles. The molecule has 7 heteroatoms. The van der Waals surface area contributed by atoms with E-state index in [4.69, 9.17) is 9.66 Å². The van der Waals surface area contributed by atoms with Gasteiger partial charge in [-0.2, -0.15) is 8.42 Å². The summed E-state index contributed by atoms with van der Waals surface area (Å²) in [6.07, 6.45) is -1.17. The van der Waals surface area contributed by atoms with Gasteiger partial charge in [0.05, 0.1) is 5.75 Å². The number of hydrogen-bond acceptors (Lipinski definition) is 4. The summed E-state index contributed by atoms with van der Waals surface area (Å²) in [6.45, 7) is 1.05. The van der Waals surface area contributed by atoms with Crippen molar-refractivity contribution < 1.29 is 22.9 Å². The topological polar surface area (TPSA) is 104 Å². The van der Waals surface area contributed by atoms with Crippen LogP contribution in [0.1, 0.15) is 6.92 Å². The first kappa shape index (κ1) is 11.3. The van der Waals surface area contributed by atoms with E-state index in [-0.39, 0.29) is 6.54 Å². The number of hydrogen-bond donors (Lipinski definition) is 3. The summed E-state index contributed by atoms with van der Waals surface area (Å²) in [6, 6.07) is 0. The van der Waals surface area contributed by atoms with E-state index in [2.05, 4.69) is 5.32 Å². The first-order chi connectivity index (χ1) is 5.33. The van der Waals surface area contributed by atoms with Crippen molar-refractivity contribution in [1.82, 2.24) is 5.32 Å². The summed E-state index contributed by atoms with van der Waals surface area (Å²) in [7, 11) is -4.04. The SMILES string of the molecule is C[C@@H](O)C(=O)NCCS(=O)(=O)O. The Morgan fingerprint density at radius 3 is 2.42 bits per heavy atom. The largest absolute Gasteiger partial charge is 0.384 e. The summed E-state index contributed by atoms with van der Waals surface area (Å²) in [5.41, 5.74) is 0. The predicted octanol–water partition coefficient (Wildman–Crippen LogP) is -1.63. The van der Waals surface area contributed by atoms with Gasteiger partial charge in [0.25, 0.3) is 10.1 Å². The zero-order valence-electron chi connectivity index (χ0n) is 6.52.